The molecule has 1 unspecified atom stereocenters. The van der Waals surface area contributed by atoms with Crippen molar-refractivity contribution in [2.24, 2.45) is 0 Å². The molecule has 0 bridgehead atoms. The van der Waals surface area contributed by atoms with Crippen LogP contribution >= 0.6 is 0 Å². The molecule has 0 spiro atoms. The molecule has 0 saturated heterocycles. The van der Waals surface area contributed by atoms with E-state index in [1.54, 1.807) is 18.2 Å². The van der Waals surface area contributed by atoms with Gasteiger partial charge in [-0.3, -0.25) is 9.59 Å². The highest BCUT2D eigenvalue weighted by molar-refractivity contribution is 6.13. The second-order valence-corrected chi connectivity index (χ2v) is 4.31. The third-order valence-corrected chi connectivity index (χ3v) is 2.95. The summed E-state index contributed by atoms with van der Waals surface area (Å²) < 4.78 is 13.8. The first-order valence-corrected chi connectivity index (χ1v) is 6.40. The Kier molecular flexibility index (Phi) is 5.69. The van der Waals surface area contributed by atoms with E-state index in [9.17, 15) is 14.0 Å². The fraction of sp³-hybridized carbons (Fsp3) is 0.467. The van der Waals surface area contributed by atoms with Gasteiger partial charge in [0.25, 0.3) is 0 Å². The number of hydrogen-bond acceptors (Lipinski definition) is 2. The van der Waals surface area contributed by atoms with Crippen molar-refractivity contribution in [3.05, 3.63) is 35.4 Å². The minimum atomic E-state index is -2.01. The smallest absolute Gasteiger partial charge is 0.220 e. The van der Waals surface area contributed by atoms with E-state index in [1.165, 1.54) is 0 Å². The first kappa shape index (κ1) is 14.6. The number of carbonyl (C=O) groups excluding carboxylic acids is 2. The fourth-order valence-electron chi connectivity index (χ4n) is 1.83. The Labute approximate surface area is 107 Å². The maximum atomic E-state index is 13.8. The van der Waals surface area contributed by atoms with Crippen LogP contribution in [0.3, 0.4) is 0 Å². The second kappa shape index (κ2) is 7.04. The van der Waals surface area contributed by atoms with Gasteiger partial charge in [0.1, 0.15) is 0 Å². The highest BCUT2D eigenvalue weighted by atomic mass is 19.1. The maximum absolute atomic E-state index is 13.8. The van der Waals surface area contributed by atoms with E-state index in [1.807, 2.05) is 19.9 Å². The molecule has 0 amide bonds. The number of aryl methyl sites for hydroxylation is 1. The van der Waals surface area contributed by atoms with Crippen molar-refractivity contribution < 1.29 is 14.0 Å². The third-order valence-electron chi connectivity index (χ3n) is 2.95. The Morgan fingerprint density at radius 3 is 2.50 bits per heavy atom. The average molecular weight is 250 g/mol. The van der Waals surface area contributed by atoms with Crippen molar-refractivity contribution >= 4 is 11.6 Å². The number of alkyl halides is 1. The first-order chi connectivity index (χ1) is 8.61. The van der Waals surface area contributed by atoms with Crippen LogP contribution in [0.4, 0.5) is 4.39 Å². The standard InChI is InChI=1S/C15H19FO2/c1-3-5-10-13(17)14(16)15(18)12-9-7-6-8-11(12)4-2/h6-9,14H,3-5,10H2,1-2H3. The molecule has 1 aromatic carbocycles. The summed E-state index contributed by atoms with van der Waals surface area (Å²) >= 11 is 0. The van der Waals surface area contributed by atoms with E-state index in [0.717, 1.165) is 12.0 Å². The van der Waals surface area contributed by atoms with Crippen LogP contribution in [0.15, 0.2) is 24.3 Å². The van der Waals surface area contributed by atoms with Gasteiger partial charge in [0.2, 0.25) is 12.0 Å². The number of benzene rings is 1. The van der Waals surface area contributed by atoms with Crippen LogP contribution in [0, 0.1) is 0 Å². The van der Waals surface area contributed by atoms with Crippen molar-refractivity contribution in [3.63, 3.8) is 0 Å². The molecule has 0 aliphatic heterocycles. The van der Waals surface area contributed by atoms with Crippen molar-refractivity contribution in [2.45, 2.75) is 45.7 Å². The summed E-state index contributed by atoms with van der Waals surface area (Å²) in [6.07, 6.45) is 0.222. The van der Waals surface area contributed by atoms with Crippen LogP contribution in [-0.4, -0.2) is 17.7 Å². The molecular weight excluding hydrogens is 231 g/mol. The van der Waals surface area contributed by atoms with E-state index in [4.69, 9.17) is 0 Å². The summed E-state index contributed by atoms with van der Waals surface area (Å²) in [5, 5.41) is 0. The Balaban J connectivity index is 2.83. The molecule has 98 valence electrons. The minimum absolute atomic E-state index is 0.137. The quantitative estimate of drug-likeness (QED) is 0.548. The molecule has 2 nitrogen and oxygen atoms in total. The SMILES string of the molecule is CCCCC(=O)C(F)C(=O)c1ccccc1CC. The van der Waals surface area contributed by atoms with Gasteiger partial charge in [0.05, 0.1) is 0 Å². The summed E-state index contributed by atoms with van der Waals surface area (Å²) in [6, 6.07) is 6.87. The van der Waals surface area contributed by atoms with E-state index in [-0.39, 0.29) is 6.42 Å². The molecule has 1 atom stereocenters. The normalized spacial score (nSPS) is 12.2. The highest BCUT2D eigenvalue weighted by Gasteiger charge is 2.27. The van der Waals surface area contributed by atoms with Crippen LogP contribution < -0.4 is 0 Å². The molecule has 0 aliphatic rings. The highest BCUT2D eigenvalue weighted by Crippen LogP contribution is 2.15. The molecular formula is C15H19FO2. The number of rotatable bonds is 7. The lowest BCUT2D eigenvalue weighted by Crippen LogP contribution is -2.26. The van der Waals surface area contributed by atoms with E-state index >= 15 is 0 Å². The summed E-state index contributed by atoms with van der Waals surface area (Å²) in [4.78, 5) is 23.5. The zero-order valence-electron chi connectivity index (χ0n) is 10.9. The number of halogens is 1. The van der Waals surface area contributed by atoms with Crippen LogP contribution in [0.1, 0.15) is 49.0 Å². The van der Waals surface area contributed by atoms with Gasteiger partial charge < -0.3 is 0 Å². The molecule has 0 heterocycles. The first-order valence-electron chi connectivity index (χ1n) is 6.40. The molecule has 3 heteroatoms. The lowest BCUT2D eigenvalue weighted by molar-refractivity contribution is -0.122. The van der Waals surface area contributed by atoms with Gasteiger partial charge in [-0.25, -0.2) is 4.39 Å². The molecule has 0 N–H and O–H groups in total. The molecule has 18 heavy (non-hydrogen) atoms. The van der Waals surface area contributed by atoms with Crippen molar-refractivity contribution in [1.29, 1.82) is 0 Å². The lowest BCUT2D eigenvalue weighted by atomic mass is 9.96. The summed E-state index contributed by atoms with van der Waals surface area (Å²) in [7, 11) is 0. The Hall–Kier alpha value is -1.51. The number of hydrogen-bond donors (Lipinski definition) is 0. The molecule has 1 aromatic rings. The topological polar surface area (TPSA) is 34.1 Å². The van der Waals surface area contributed by atoms with Gasteiger partial charge in [-0.15, -0.1) is 0 Å². The summed E-state index contributed by atoms with van der Waals surface area (Å²) in [6.45, 7) is 3.83. The van der Waals surface area contributed by atoms with Gasteiger partial charge >= 0.3 is 0 Å². The zero-order valence-corrected chi connectivity index (χ0v) is 10.9. The number of Topliss-reactive ketones (excluding diaryl/α,β-unsaturated/α-hetero) is 2. The largest absolute Gasteiger partial charge is 0.296 e. The van der Waals surface area contributed by atoms with Crippen molar-refractivity contribution in [2.75, 3.05) is 0 Å². The van der Waals surface area contributed by atoms with E-state index in [2.05, 4.69) is 0 Å². The summed E-state index contributed by atoms with van der Waals surface area (Å²) in [5.74, 6) is -1.30. The van der Waals surface area contributed by atoms with Gasteiger partial charge in [-0.05, 0) is 18.4 Å². The van der Waals surface area contributed by atoms with Crippen LogP contribution in [0.2, 0.25) is 0 Å². The van der Waals surface area contributed by atoms with Gasteiger partial charge in [-0.2, -0.15) is 0 Å². The molecule has 1 rings (SSSR count). The molecule has 0 radical (unpaired) electrons. The third kappa shape index (κ3) is 3.49. The molecule has 0 fully saturated rings. The predicted octanol–water partition coefficient (Wildman–Crippen LogP) is 3.53. The minimum Gasteiger partial charge on any atom is -0.296 e. The lowest BCUT2D eigenvalue weighted by Gasteiger charge is -2.09. The van der Waals surface area contributed by atoms with E-state index in [0.29, 0.717) is 18.4 Å². The van der Waals surface area contributed by atoms with Crippen LogP contribution in [0.5, 0.6) is 0 Å². The zero-order chi connectivity index (χ0) is 13.5. The van der Waals surface area contributed by atoms with Crippen molar-refractivity contribution in [3.8, 4) is 0 Å². The van der Waals surface area contributed by atoms with Crippen LogP contribution in [-0.2, 0) is 11.2 Å². The van der Waals surface area contributed by atoms with Crippen molar-refractivity contribution in [1.82, 2.24) is 0 Å². The second-order valence-electron chi connectivity index (χ2n) is 4.31. The molecule has 0 aliphatic carbocycles. The van der Waals surface area contributed by atoms with Gasteiger partial charge in [0.15, 0.2) is 5.78 Å². The Morgan fingerprint density at radius 2 is 1.89 bits per heavy atom. The maximum Gasteiger partial charge on any atom is 0.220 e. The number of unbranched alkanes of at least 4 members (excludes halogenated alkanes) is 1. The Bertz CT molecular complexity index is 426. The monoisotopic (exact) mass is 250 g/mol. The Morgan fingerprint density at radius 1 is 1.22 bits per heavy atom. The molecule has 0 aromatic heterocycles. The number of carbonyl (C=O) groups is 2. The average Bonchev–Trinajstić information content (AvgIpc) is 2.42. The van der Waals surface area contributed by atoms with Crippen LogP contribution in [0.25, 0.3) is 0 Å². The van der Waals surface area contributed by atoms with E-state index < -0.39 is 17.7 Å². The summed E-state index contributed by atoms with van der Waals surface area (Å²) in [5.41, 5.74) is 1.12. The predicted molar refractivity (Wildman–Crippen MR) is 69.6 cm³/mol. The van der Waals surface area contributed by atoms with Gasteiger partial charge in [-0.1, -0.05) is 44.5 Å². The molecule has 0 saturated carbocycles. The van der Waals surface area contributed by atoms with Gasteiger partial charge in [0, 0.05) is 12.0 Å². The number of ketones is 2. The fourth-order valence-corrected chi connectivity index (χ4v) is 1.83.